The molecular weight excluding hydrogens is 284 g/mol. The van der Waals surface area contributed by atoms with Gasteiger partial charge in [-0.25, -0.2) is 4.98 Å². The van der Waals surface area contributed by atoms with Gasteiger partial charge in [0.2, 0.25) is 5.95 Å². The second-order valence-electron chi connectivity index (χ2n) is 4.85. The number of nitrogens with two attached hydrogens (primary N) is 1. The number of aromatic nitrogens is 2. The van der Waals surface area contributed by atoms with Crippen LogP contribution in [0.1, 0.15) is 25.3 Å². The summed E-state index contributed by atoms with van der Waals surface area (Å²) in [4.78, 5) is 10.4. The highest BCUT2D eigenvalue weighted by Gasteiger charge is 2.13. The van der Waals surface area contributed by atoms with Gasteiger partial charge in [-0.3, -0.25) is 0 Å². The van der Waals surface area contributed by atoms with E-state index in [9.17, 15) is 0 Å². The average Bonchev–Trinajstić information content (AvgIpc) is 2.49. The van der Waals surface area contributed by atoms with Crippen LogP contribution in [-0.2, 0) is 0 Å². The van der Waals surface area contributed by atoms with Crippen molar-refractivity contribution in [1.82, 2.24) is 9.97 Å². The third-order valence-corrected chi connectivity index (χ3v) is 4.18. The molecule has 0 radical (unpaired) electrons. The lowest BCUT2D eigenvalue weighted by atomic mass is 10.0. The van der Waals surface area contributed by atoms with Gasteiger partial charge in [0.25, 0.3) is 0 Å². The van der Waals surface area contributed by atoms with E-state index in [0.29, 0.717) is 5.92 Å². The molecule has 0 amide bonds. The van der Waals surface area contributed by atoms with Crippen molar-refractivity contribution in [2.75, 3.05) is 25.2 Å². The van der Waals surface area contributed by atoms with Gasteiger partial charge in [-0.15, -0.1) is 0 Å². The number of methoxy groups -OCH3 is 1. The lowest BCUT2D eigenvalue weighted by molar-refractivity contribution is 0.413. The molecule has 0 aliphatic rings. The highest BCUT2D eigenvalue weighted by atomic mass is 32.2. The number of nitrogens with zero attached hydrogens (tertiary/aromatic N) is 2. The van der Waals surface area contributed by atoms with Gasteiger partial charge < -0.3 is 15.8 Å². The molecule has 0 aliphatic carbocycles. The summed E-state index contributed by atoms with van der Waals surface area (Å²) in [6.07, 6.45) is 1.74. The Labute approximate surface area is 129 Å². The zero-order valence-corrected chi connectivity index (χ0v) is 13.5. The van der Waals surface area contributed by atoms with E-state index in [1.807, 2.05) is 13.1 Å². The van der Waals surface area contributed by atoms with Gasteiger partial charge in [0, 0.05) is 18.1 Å². The van der Waals surface area contributed by atoms with Crippen LogP contribution in [0.3, 0.4) is 0 Å². The number of rotatable bonds is 5. The first-order chi connectivity index (χ1) is 10.0. The van der Waals surface area contributed by atoms with Gasteiger partial charge in [-0.1, -0.05) is 25.6 Å². The second kappa shape index (κ2) is 6.67. The van der Waals surface area contributed by atoms with Crippen LogP contribution in [0.25, 0.3) is 0 Å². The molecule has 2 aromatic rings. The maximum absolute atomic E-state index is 5.62. The minimum Gasteiger partial charge on any atom is -0.497 e. The minimum atomic E-state index is 0.266. The van der Waals surface area contributed by atoms with Crippen molar-refractivity contribution in [3.05, 3.63) is 30.0 Å². The number of benzene rings is 1. The van der Waals surface area contributed by atoms with Crippen molar-refractivity contribution in [1.29, 1.82) is 0 Å². The van der Waals surface area contributed by atoms with Crippen LogP contribution in [0.4, 0.5) is 11.8 Å². The van der Waals surface area contributed by atoms with E-state index in [1.54, 1.807) is 25.1 Å². The van der Waals surface area contributed by atoms with E-state index in [0.717, 1.165) is 21.4 Å². The summed E-state index contributed by atoms with van der Waals surface area (Å²) in [5.74, 6) is 2.27. The normalized spacial score (nSPS) is 10.7. The smallest absolute Gasteiger partial charge is 0.221 e. The Hall–Kier alpha value is -1.95. The number of ether oxygens (including phenoxy) is 1. The first-order valence-electron chi connectivity index (χ1n) is 6.71. The maximum atomic E-state index is 5.62. The van der Waals surface area contributed by atoms with Crippen LogP contribution in [0, 0.1) is 0 Å². The van der Waals surface area contributed by atoms with Crippen molar-refractivity contribution in [3.63, 3.8) is 0 Å². The monoisotopic (exact) mass is 304 g/mol. The molecule has 0 fully saturated rings. The highest BCUT2D eigenvalue weighted by molar-refractivity contribution is 7.99. The fourth-order valence-electron chi connectivity index (χ4n) is 1.95. The molecule has 0 spiro atoms. The summed E-state index contributed by atoms with van der Waals surface area (Å²) in [5, 5.41) is 3.05. The predicted molar refractivity (Wildman–Crippen MR) is 87.2 cm³/mol. The quantitative estimate of drug-likeness (QED) is 0.882. The summed E-state index contributed by atoms with van der Waals surface area (Å²) in [7, 11) is 3.50. The van der Waals surface area contributed by atoms with E-state index in [1.165, 1.54) is 5.56 Å². The molecule has 0 saturated carbocycles. The minimum absolute atomic E-state index is 0.266. The summed E-state index contributed by atoms with van der Waals surface area (Å²) in [5.41, 5.74) is 6.86. The largest absolute Gasteiger partial charge is 0.497 e. The number of hydrogen-bond donors (Lipinski definition) is 2. The molecule has 0 unspecified atom stereocenters. The van der Waals surface area contributed by atoms with Crippen molar-refractivity contribution < 1.29 is 4.74 Å². The summed E-state index contributed by atoms with van der Waals surface area (Å²) < 4.78 is 5.31. The first kappa shape index (κ1) is 15.4. The molecule has 1 heterocycles. The summed E-state index contributed by atoms with van der Waals surface area (Å²) in [6.45, 7) is 4.33. The molecular formula is C15H20N4OS. The van der Waals surface area contributed by atoms with E-state index in [4.69, 9.17) is 10.5 Å². The van der Waals surface area contributed by atoms with Crippen LogP contribution in [0.5, 0.6) is 5.75 Å². The topological polar surface area (TPSA) is 73.1 Å². The van der Waals surface area contributed by atoms with Crippen molar-refractivity contribution in [2.24, 2.45) is 0 Å². The molecule has 0 saturated heterocycles. The molecule has 0 atom stereocenters. The second-order valence-corrected chi connectivity index (χ2v) is 5.94. The molecule has 0 aliphatic heterocycles. The van der Waals surface area contributed by atoms with Crippen LogP contribution < -0.4 is 15.8 Å². The third-order valence-electron chi connectivity index (χ3n) is 3.07. The highest BCUT2D eigenvalue weighted by Crippen LogP contribution is 2.38. The molecule has 3 N–H and O–H groups in total. The summed E-state index contributed by atoms with van der Waals surface area (Å²) in [6, 6.07) is 6.10. The fourth-order valence-corrected chi connectivity index (χ4v) is 3.09. The molecule has 5 nitrogen and oxygen atoms in total. The molecule has 2 rings (SSSR count). The molecule has 0 bridgehead atoms. The van der Waals surface area contributed by atoms with Crippen molar-refractivity contribution in [3.8, 4) is 5.75 Å². The van der Waals surface area contributed by atoms with Gasteiger partial charge >= 0.3 is 0 Å². The fraction of sp³-hybridized carbons (Fsp3) is 0.333. The third kappa shape index (κ3) is 3.58. The van der Waals surface area contributed by atoms with Gasteiger partial charge in [-0.05, 0) is 29.7 Å². The lowest BCUT2D eigenvalue weighted by Gasteiger charge is -2.15. The van der Waals surface area contributed by atoms with Gasteiger partial charge in [0.1, 0.15) is 11.6 Å². The first-order valence-corrected chi connectivity index (χ1v) is 7.52. The van der Waals surface area contributed by atoms with Crippen LogP contribution in [0.15, 0.2) is 34.2 Å². The van der Waals surface area contributed by atoms with Crippen LogP contribution in [0.2, 0.25) is 0 Å². The Morgan fingerprint density at radius 1 is 1.29 bits per heavy atom. The number of nitrogen functional groups attached to an aromatic ring is 1. The number of hydrogen-bond acceptors (Lipinski definition) is 6. The molecule has 1 aromatic carbocycles. The average molecular weight is 304 g/mol. The Balaban J connectivity index is 2.39. The van der Waals surface area contributed by atoms with Crippen LogP contribution in [-0.4, -0.2) is 24.1 Å². The van der Waals surface area contributed by atoms with Crippen molar-refractivity contribution >= 4 is 23.5 Å². The molecule has 21 heavy (non-hydrogen) atoms. The SMILES string of the molecule is CNc1nc(N)ncc1Sc1ccc(OC)cc1C(C)C. The Morgan fingerprint density at radius 2 is 2.05 bits per heavy atom. The Bertz CT molecular complexity index is 631. The maximum Gasteiger partial charge on any atom is 0.221 e. The van der Waals surface area contributed by atoms with E-state index < -0.39 is 0 Å². The number of anilines is 2. The van der Waals surface area contributed by atoms with E-state index in [2.05, 4.69) is 41.3 Å². The number of nitrogens with one attached hydrogen (secondary N) is 1. The Kier molecular flexibility index (Phi) is 4.90. The van der Waals surface area contributed by atoms with Crippen LogP contribution >= 0.6 is 11.8 Å². The summed E-state index contributed by atoms with van der Waals surface area (Å²) >= 11 is 1.62. The molecule has 112 valence electrons. The zero-order valence-electron chi connectivity index (χ0n) is 12.7. The van der Waals surface area contributed by atoms with Gasteiger partial charge in [-0.2, -0.15) is 4.98 Å². The Morgan fingerprint density at radius 3 is 2.67 bits per heavy atom. The van der Waals surface area contributed by atoms with E-state index in [-0.39, 0.29) is 5.95 Å². The van der Waals surface area contributed by atoms with Crippen molar-refractivity contribution in [2.45, 2.75) is 29.6 Å². The van der Waals surface area contributed by atoms with Gasteiger partial charge in [0.15, 0.2) is 0 Å². The van der Waals surface area contributed by atoms with Gasteiger partial charge in [0.05, 0.1) is 12.0 Å². The zero-order chi connectivity index (χ0) is 15.4. The molecule has 1 aromatic heterocycles. The predicted octanol–water partition coefficient (Wildman–Crippen LogP) is 3.38. The van der Waals surface area contributed by atoms with E-state index >= 15 is 0 Å². The molecule has 6 heteroatoms. The standard InChI is InChI=1S/C15H20N4OS/c1-9(2)11-7-10(20-4)5-6-12(11)21-13-8-18-15(16)19-14(13)17-3/h5-9H,1-4H3,(H3,16,17,18,19). The lowest BCUT2D eigenvalue weighted by Crippen LogP contribution is -2.01.